The predicted octanol–water partition coefficient (Wildman–Crippen LogP) is 6.24. The van der Waals surface area contributed by atoms with E-state index in [4.69, 9.17) is 23.7 Å². The molecule has 0 spiro atoms. The van der Waals surface area contributed by atoms with E-state index in [-0.39, 0.29) is 23.2 Å². The average molecular weight is 632 g/mol. The Morgan fingerprint density at radius 3 is 1.93 bits per heavy atom. The molecule has 0 bridgehead atoms. The molecule has 1 unspecified atom stereocenters. The van der Waals surface area contributed by atoms with Crippen molar-refractivity contribution >= 4 is 17.7 Å². The Hall–Kier alpha value is -4.53. The van der Waals surface area contributed by atoms with Crippen LogP contribution in [-0.4, -0.2) is 69.7 Å². The number of ether oxygens (including phenoxy) is 5. The maximum atomic E-state index is 13.7. The summed E-state index contributed by atoms with van der Waals surface area (Å²) >= 11 is 0. The standard InChI is InChI=1S/C37H45NO8/c1-42-29-21-19-27(20-22-29)15-11-17-30(16-10-14-26-12-6-5-7-13-26)46-37(41)31-18-8-9-23-38(31)36(40)34(39)28-24-32(43-2)35(45-4)33(25-28)44-3/h5-7,12-13,19-22,24-25,30-31H,8-11,14-18,23H2,1-4H3/t30?,31-/m0/s1. The molecule has 2 atom stereocenters. The van der Waals surface area contributed by atoms with Crippen LogP contribution in [0.15, 0.2) is 66.7 Å². The first kappa shape index (κ1) is 34.3. The largest absolute Gasteiger partial charge is 0.497 e. The van der Waals surface area contributed by atoms with Crippen LogP contribution in [0.25, 0.3) is 0 Å². The van der Waals surface area contributed by atoms with E-state index in [9.17, 15) is 14.4 Å². The van der Waals surface area contributed by atoms with E-state index in [2.05, 4.69) is 12.1 Å². The van der Waals surface area contributed by atoms with Gasteiger partial charge in [0.25, 0.3) is 11.7 Å². The molecule has 3 aromatic rings. The molecule has 46 heavy (non-hydrogen) atoms. The maximum absolute atomic E-state index is 13.7. The SMILES string of the molecule is COc1ccc(CCCC(CCCc2ccccc2)OC(=O)[C@@H]2CCCCN2C(=O)C(=O)c2cc(OC)c(OC)c(OC)c2)cc1. The summed E-state index contributed by atoms with van der Waals surface area (Å²) in [5.74, 6) is -0.305. The lowest BCUT2D eigenvalue weighted by molar-refractivity contribution is -0.161. The Morgan fingerprint density at radius 2 is 1.37 bits per heavy atom. The zero-order valence-corrected chi connectivity index (χ0v) is 27.3. The highest BCUT2D eigenvalue weighted by Crippen LogP contribution is 2.38. The van der Waals surface area contributed by atoms with Gasteiger partial charge in [0.05, 0.1) is 28.4 Å². The van der Waals surface area contributed by atoms with Gasteiger partial charge in [0.1, 0.15) is 17.9 Å². The molecule has 1 fully saturated rings. The number of rotatable bonds is 16. The zero-order valence-electron chi connectivity index (χ0n) is 27.3. The summed E-state index contributed by atoms with van der Waals surface area (Å²) in [6.07, 6.45) is 6.40. The Balaban J connectivity index is 1.45. The lowest BCUT2D eigenvalue weighted by Gasteiger charge is -2.34. The van der Waals surface area contributed by atoms with Gasteiger partial charge in [-0.2, -0.15) is 0 Å². The van der Waals surface area contributed by atoms with Crippen molar-refractivity contribution in [2.45, 2.75) is 69.9 Å². The predicted molar refractivity (Wildman–Crippen MR) is 175 cm³/mol. The van der Waals surface area contributed by atoms with Crippen LogP contribution in [0, 0.1) is 0 Å². The van der Waals surface area contributed by atoms with Crippen LogP contribution in [0.3, 0.4) is 0 Å². The molecule has 9 nitrogen and oxygen atoms in total. The van der Waals surface area contributed by atoms with Gasteiger partial charge in [-0.3, -0.25) is 9.59 Å². The summed E-state index contributed by atoms with van der Waals surface area (Å²) < 4.78 is 27.5. The fourth-order valence-corrected chi connectivity index (χ4v) is 5.90. The highest BCUT2D eigenvalue weighted by atomic mass is 16.5. The Bertz CT molecular complexity index is 1410. The number of aryl methyl sites for hydroxylation is 2. The molecule has 3 aromatic carbocycles. The molecule has 1 aliphatic rings. The van der Waals surface area contributed by atoms with Crippen molar-refractivity contribution in [3.63, 3.8) is 0 Å². The molecule has 1 aliphatic heterocycles. The van der Waals surface area contributed by atoms with E-state index in [1.54, 1.807) is 7.11 Å². The minimum atomic E-state index is -0.828. The number of methoxy groups -OCH3 is 4. The van der Waals surface area contributed by atoms with Gasteiger partial charge in [-0.05, 0) is 93.2 Å². The Morgan fingerprint density at radius 1 is 0.761 bits per heavy atom. The van der Waals surface area contributed by atoms with Gasteiger partial charge in [0.15, 0.2) is 11.5 Å². The van der Waals surface area contributed by atoms with Gasteiger partial charge >= 0.3 is 5.97 Å². The monoisotopic (exact) mass is 631 g/mol. The molecule has 9 heteroatoms. The first-order valence-corrected chi connectivity index (χ1v) is 15.9. The number of amides is 1. The number of hydrogen-bond acceptors (Lipinski definition) is 8. The maximum Gasteiger partial charge on any atom is 0.329 e. The summed E-state index contributed by atoms with van der Waals surface area (Å²) in [6, 6.07) is 20.3. The van der Waals surface area contributed by atoms with Crippen molar-refractivity contribution in [2.24, 2.45) is 0 Å². The number of esters is 1. The van der Waals surface area contributed by atoms with Crippen LogP contribution >= 0.6 is 0 Å². The van der Waals surface area contributed by atoms with Gasteiger partial charge in [-0.1, -0.05) is 42.5 Å². The van der Waals surface area contributed by atoms with E-state index in [0.717, 1.165) is 37.9 Å². The van der Waals surface area contributed by atoms with Crippen molar-refractivity contribution < 1.29 is 38.1 Å². The minimum Gasteiger partial charge on any atom is -0.497 e. The van der Waals surface area contributed by atoms with Crippen molar-refractivity contribution in [1.82, 2.24) is 4.90 Å². The lowest BCUT2D eigenvalue weighted by atomic mass is 9.99. The summed E-state index contributed by atoms with van der Waals surface area (Å²) in [5.41, 5.74) is 2.51. The van der Waals surface area contributed by atoms with E-state index in [1.807, 2.05) is 42.5 Å². The first-order valence-electron chi connectivity index (χ1n) is 15.9. The van der Waals surface area contributed by atoms with E-state index in [1.165, 1.54) is 49.5 Å². The summed E-state index contributed by atoms with van der Waals surface area (Å²) in [7, 11) is 5.99. The summed E-state index contributed by atoms with van der Waals surface area (Å²) in [5, 5.41) is 0. The lowest BCUT2D eigenvalue weighted by Crippen LogP contribution is -2.51. The number of hydrogen-bond donors (Lipinski definition) is 0. The Kier molecular flexibility index (Phi) is 12.9. The molecule has 0 N–H and O–H groups in total. The first-order chi connectivity index (χ1) is 22.4. The molecule has 0 radical (unpaired) electrons. The fraction of sp³-hybridized carbons (Fsp3) is 0.432. The second-order valence-electron chi connectivity index (χ2n) is 11.4. The van der Waals surface area contributed by atoms with E-state index in [0.29, 0.717) is 38.0 Å². The van der Waals surface area contributed by atoms with Crippen LogP contribution in [0.2, 0.25) is 0 Å². The zero-order chi connectivity index (χ0) is 32.9. The van der Waals surface area contributed by atoms with Gasteiger partial charge < -0.3 is 28.6 Å². The van der Waals surface area contributed by atoms with Crippen molar-refractivity contribution in [2.75, 3.05) is 35.0 Å². The van der Waals surface area contributed by atoms with Crippen LogP contribution in [-0.2, 0) is 27.2 Å². The van der Waals surface area contributed by atoms with Crippen LogP contribution in [0.4, 0.5) is 0 Å². The van der Waals surface area contributed by atoms with Gasteiger partial charge in [-0.15, -0.1) is 0 Å². The third-order valence-electron chi connectivity index (χ3n) is 8.42. The molecule has 1 saturated heterocycles. The van der Waals surface area contributed by atoms with Crippen molar-refractivity contribution in [3.05, 3.63) is 83.4 Å². The number of nitrogens with zero attached hydrogens (tertiary/aromatic N) is 1. The topological polar surface area (TPSA) is 101 Å². The number of benzene rings is 3. The molecule has 246 valence electrons. The minimum absolute atomic E-state index is 0.0921. The molecular formula is C37H45NO8. The third-order valence-corrected chi connectivity index (χ3v) is 8.42. The molecule has 4 rings (SSSR count). The fourth-order valence-electron chi connectivity index (χ4n) is 5.90. The number of piperidine rings is 1. The van der Waals surface area contributed by atoms with Crippen molar-refractivity contribution in [1.29, 1.82) is 0 Å². The number of ketones is 1. The number of carbonyl (C=O) groups excluding carboxylic acids is 3. The number of Topliss-reactive ketones (excluding diaryl/α,β-unsaturated/α-hetero) is 1. The molecule has 0 aliphatic carbocycles. The van der Waals surface area contributed by atoms with Gasteiger partial charge in [0, 0.05) is 12.1 Å². The quantitative estimate of drug-likeness (QED) is 0.104. The Labute approximate surface area is 271 Å². The highest BCUT2D eigenvalue weighted by molar-refractivity contribution is 6.43. The van der Waals surface area contributed by atoms with Crippen LogP contribution in [0.5, 0.6) is 23.0 Å². The number of likely N-dealkylation sites (tertiary alicyclic amines) is 1. The third kappa shape index (κ3) is 9.02. The molecule has 0 aromatic heterocycles. The molecule has 0 saturated carbocycles. The normalized spacial score (nSPS) is 15.0. The van der Waals surface area contributed by atoms with Crippen LogP contribution < -0.4 is 18.9 Å². The second-order valence-corrected chi connectivity index (χ2v) is 11.4. The van der Waals surface area contributed by atoms with Gasteiger partial charge in [0.2, 0.25) is 5.75 Å². The summed E-state index contributed by atoms with van der Waals surface area (Å²) in [6.45, 7) is 0.297. The van der Waals surface area contributed by atoms with E-state index < -0.39 is 23.7 Å². The smallest absolute Gasteiger partial charge is 0.329 e. The molecule has 1 heterocycles. The van der Waals surface area contributed by atoms with Crippen molar-refractivity contribution in [3.8, 4) is 23.0 Å². The molecular weight excluding hydrogens is 586 g/mol. The average Bonchev–Trinajstić information content (AvgIpc) is 3.10. The van der Waals surface area contributed by atoms with Crippen LogP contribution in [0.1, 0.15) is 66.4 Å². The number of carbonyl (C=O) groups is 3. The second kappa shape index (κ2) is 17.2. The van der Waals surface area contributed by atoms with Gasteiger partial charge in [-0.25, -0.2) is 4.79 Å². The molecule has 1 amide bonds. The van der Waals surface area contributed by atoms with E-state index >= 15 is 0 Å². The highest BCUT2D eigenvalue weighted by Gasteiger charge is 2.37. The summed E-state index contributed by atoms with van der Waals surface area (Å²) in [4.78, 5) is 42.1.